The Morgan fingerprint density at radius 3 is 2.28 bits per heavy atom. The molecule has 0 radical (unpaired) electrons. The van der Waals surface area contributed by atoms with Crippen LogP contribution in [0.1, 0.15) is 18.1 Å². The minimum absolute atomic E-state index is 0.419. The number of primary amides is 1. The smallest absolute Gasteiger partial charge is 0.244 e. The molecule has 0 unspecified atom stereocenters. The lowest BCUT2D eigenvalue weighted by atomic mass is 9.94. The molecule has 0 fully saturated rings. The van der Waals surface area contributed by atoms with Crippen LogP contribution in [0.4, 0.5) is 0 Å². The summed E-state index contributed by atoms with van der Waals surface area (Å²) in [5.74, 6) is -0.419. The van der Waals surface area contributed by atoms with Gasteiger partial charge < -0.3 is 5.73 Å². The van der Waals surface area contributed by atoms with Gasteiger partial charge in [-0.25, -0.2) is 0 Å². The van der Waals surface area contributed by atoms with E-state index < -0.39 is 5.91 Å². The van der Waals surface area contributed by atoms with Gasteiger partial charge in [-0.2, -0.15) is 0 Å². The van der Waals surface area contributed by atoms with Crippen molar-refractivity contribution in [1.29, 1.82) is 0 Å². The fourth-order valence-electron chi connectivity index (χ4n) is 1.84. The van der Waals surface area contributed by atoms with Crippen LogP contribution in [0.5, 0.6) is 0 Å². The highest BCUT2D eigenvalue weighted by Gasteiger charge is 2.12. The van der Waals surface area contributed by atoms with Crippen molar-refractivity contribution < 1.29 is 4.79 Å². The summed E-state index contributed by atoms with van der Waals surface area (Å²) in [4.78, 5) is 15.5. The summed E-state index contributed by atoms with van der Waals surface area (Å²) < 4.78 is 0. The topological polar surface area (TPSA) is 56.0 Å². The number of nitrogens with zero attached hydrogens (tertiary/aromatic N) is 1. The van der Waals surface area contributed by atoms with Crippen LogP contribution in [-0.2, 0) is 4.79 Å². The van der Waals surface area contributed by atoms with E-state index in [1.165, 1.54) is 0 Å². The fourth-order valence-corrected chi connectivity index (χ4v) is 1.84. The Hall–Kier alpha value is -2.42. The fraction of sp³-hybridized carbons (Fsp3) is 0.0667. The second-order valence-corrected chi connectivity index (χ2v) is 3.97. The van der Waals surface area contributed by atoms with E-state index in [1.54, 1.807) is 19.3 Å². The maximum Gasteiger partial charge on any atom is 0.244 e. The summed E-state index contributed by atoms with van der Waals surface area (Å²) in [5.41, 5.74) is 8.61. The minimum Gasteiger partial charge on any atom is -0.366 e. The van der Waals surface area contributed by atoms with Crippen LogP contribution in [0.3, 0.4) is 0 Å². The van der Waals surface area contributed by atoms with Crippen molar-refractivity contribution in [2.45, 2.75) is 6.92 Å². The van der Waals surface area contributed by atoms with Gasteiger partial charge in [0.15, 0.2) is 0 Å². The molecule has 3 nitrogen and oxygen atoms in total. The zero-order valence-electron chi connectivity index (χ0n) is 10.1. The van der Waals surface area contributed by atoms with E-state index in [0.29, 0.717) is 5.57 Å². The second-order valence-electron chi connectivity index (χ2n) is 3.97. The molecule has 2 aromatic rings. The summed E-state index contributed by atoms with van der Waals surface area (Å²) in [7, 11) is 0. The molecule has 0 aliphatic carbocycles. The van der Waals surface area contributed by atoms with Crippen molar-refractivity contribution in [3.63, 3.8) is 0 Å². The lowest BCUT2D eigenvalue weighted by Gasteiger charge is -2.10. The number of hydrogen-bond acceptors (Lipinski definition) is 2. The van der Waals surface area contributed by atoms with Gasteiger partial charge in [-0.3, -0.25) is 9.78 Å². The molecule has 1 heterocycles. The SMILES string of the molecule is CC(C(N)=O)=C(c1ccccc1)c1cccnc1. The molecule has 1 aromatic heterocycles. The van der Waals surface area contributed by atoms with Crippen molar-refractivity contribution in [3.05, 3.63) is 71.6 Å². The summed E-state index contributed by atoms with van der Waals surface area (Å²) >= 11 is 0. The Morgan fingerprint density at radius 1 is 1.06 bits per heavy atom. The van der Waals surface area contributed by atoms with E-state index in [0.717, 1.165) is 16.7 Å². The van der Waals surface area contributed by atoms with E-state index in [4.69, 9.17) is 5.73 Å². The van der Waals surface area contributed by atoms with Crippen LogP contribution in [0.2, 0.25) is 0 Å². The van der Waals surface area contributed by atoms with Crippen LogP contribution < -0.4 is 5.73 Å². The highest BCUT2D eigenvalue weighted by molar-refractivity contribution is 6.03. The summed E-state index contributed by atoms with van der Waals surface area (Å²) in [6.07, 6.45) is 3.43. The van der Waals surface area contributed by atoms with E-state index in [1.807, 2.05) is 42.5 Å². The third kappa shape index (κ3) is 2.46. The average molecular weight is 238 g/mol. The number of aromatic nitrogens is 1. The second kappa shape index (κ2) is 5.27. The van der Waals surface area contributed by atoms with Gasteiger partial charge in [0, 0.05) is 23.5 Å². The standard InChI is InChI=1S/C15H14N2O/c1-11(15(16)18)14(12-6-3-2-4-7-12)13-8-5-9-17-10-13/h2-10H,1H3,(H2,16,18). The monoisotopic (exact) mass is 238 g/mol. The number of nitrogens with two attached hydrogens (primary N) is 1. The Labute approximate surface area is 106 Å². The quantitative estimate of drug-likeness (QED) is 0.835. The van der Waals surface area contributed by atoms with Gasteiger partial charge >= 0.3 is 0 Å². The Morgan fingerprint density at radius 2 is 1.72 bits per heavy atom. The first kappa shape index (κ1) is 12.0. The summed E-state index contributed by atoms with van der Waals surface area (Å²) in [5, 5.41) is 0. The van der Waals surface area contributed by atoms with Crippen molar-refractivity contribution in [3.8, 4) is 0 Å². The molecular weight excluding hydrogens is 224 g/mol. The number of carbonyl (C=O) groups is 1. The highest BCUT2D eigenvalue weighted by Crippen LogP contribution is 2.25. The minimum atomic E-state index is -0.419. The van der Waals surface area contributed by atoms with Crippen LogP contribution in [0.15, 0.2) is 60.4 Å². The number of rotatable bonds is 3. The van der Waals surface area contributed by atoms with E-state index >= 15 is 0 Å². The third-order valence-corrected chi connectivity index (χ3v) is 2.76. The van der Waals surface area contributed by atoms with Gasteiger partial charge in [-0.05, 0) is 24.1 Å². The first-order valence-electron chi connectivity index (χ1n) is 5.66. The first-order chi connectivity index (χ1) is 8.70. The van der Waals surface area contributed by atoms with Gasteiger partial charge in [0.25, 0.3) is 0 Å². The lowest BCUT2D eigenvalue weighted by Crippen LogP contribution is -2.14. The summed E-state index contributed by atoms with van der Waals surface area (Å²) in [6.45, 7) is 1.73. The molecule has 3 heteroatoms. The van der Waals surface area contributed by atoms with Gasteiger partial charge in [-0.15, -0.1) is 0 Å². The van der Waals surface area contributed by atoms with Crippen LogP contribution >= 0.6 is 0 Å². The molecule has 0 atom stereocenters. The summed E-state index contributed by atoms with van der Waals surface area (Å²) in [6, 6.07) is 13.5. The van der Waals surface area contributed by atoms with E-state index in [9.17, 15) is 4.79 Å². The third-order valence-electron chi connectivity index (χ3n) is 2.76. The number of hydrogen-bond donors (Lipinski definition) is 1. The van der Waals surface area contributed by atoms with Crippen LogP contribution in [-0.4, -0.2) is 10.9 Å². The van der Waals surface area contributed by atoms with Gasteiger partial charge in [0.2, 0.25) is 5.91 Å². The van der Waals surface area contributed by atoms with Gasteiger partial charge in [0.1, 0.15) is 0 Å². The molecule has 0 bridgehead atoms. The first-order valence-corrected chi connectivity index (χ1v) is 5.66. The predicted octanol–water partition coefficient (Wildman–Crippen LogP) is 2.39. The van der Waals surface area contributed by atoms with Crippen molar-refractivity contribution >= 4 is 11.5 Å². The molecule has 0 saturated carbocycles. The van der Waals surface area contributed by atoms with Gasteiger partial charge in [-0.1, -0.05) is 36.4 Å². The Bertz CT molecular complexity index is 532. The molecular formula is C15H14N2O. The maximum atomic E-state index is 11.4. The number of carbonyl (C=O) groups excluding carboxylic acids is 1. The van der Waals surface area contributed by atoms with Crippen LogP contribution in [0, 0.1) is 0 Å². The zero-order chi connectivity index (χ0) is 13.0. The Balaban J connectivity index is 2.64. The molecule has 0 aliphatic rings. The lowest BCUT2D eigenvalue weighted by molar-refractivity contribution is -0.114. The molecule has 0 aliphatic heterocycles. The molecule has 18 heavy (non-hydrogen) atoms. The van der Waals surface area contributed by atoms with E-state index in [-0.39, 0.29) is 0 Å². The largest absolute Gasteiger partial charge is 0.366 e. The Kier molecular flexibility index (Phi) is 3.53. The molecule has 90 valence electrons. The van der Waals surface area contributed by atoms with Gasteiger partial charge in [0.05, 0.1) is 0 Å². The normalized spacial score (nSPS) is 11.8. The highest BCUT2D eigenvalue weighted by atomic mass is 16.1. The van der Waals surface area contributed by atoms with Crippen molar-refractivity contribution in [1.82, 2.24) is 4.98 Å². The van der Waals surface area contributed by atoms with Crippen molar-refractivity contribution in [2.75, 3.05) is 0 Å². The van der Waals surface area contributed by atoms with Crippen LogP contribution in [0.25, 0.3) is 5.57 Å². The number of pyridine rings is 1. The maximum absolute atomic E-state index is 11.4. The molecule has 1 amide bonds. The molecule has 0 saturated heterocycles. The number of benzene rings is 1. The molecule has 0 spiro atoms. The average Bonchev–Trinajstić information content (AvgIpc) is 2.41. The van der Waals surface area contributed by atoms with E-state index in [2.05, 4.69) is 4.98 Å². The molecule has 2 rings (SSSR count). The zero-order valence-corrected chi connectivity index (χ0v) is 10.1. The van der Waals surface area contributed by atoms with Crippen molar-refractivity contribution in [2.24, 2.45) is 5.73 Å². The molecule has 2 N–H and O–H groups in total. The number of amides is 1. The predicted molar refractivity (Wildman–Crippen MR) is 71.6 cm³/mol. The molecule has 1 aromatic carbocycles.